The Bertz CT molecular complexity index is 611. The third kappa shape index (κ3) is 3.00. The van der Waals surface area contributed by atoms with E-state index in [0.29, 0.717) is 24.2 Å². The van der Waals surface area contributed by atoms with Crippen molar-refractivity contribution in [3.8, 4) is 0 Å². The summed E-state index contributed by atoms with van der Waals surface area (Å²) in [5.74, 6) is 0.381. The van der Waals surface area contributed by atoms with Crippen molar-refractivity contribution in [2.75, 3.05) is 18.4 Å². The minimum absolute atomic E-state index is 0.0272. The van der Waals surface area contributed by atoms with Gasteiger partial charge in [0.1, 0.15) is 5.78 Å². The standard InChI is InChI=1S/C20H27FN2O/c1-15(24)19-6-9-20(10-7-19,11-8-19)17-2-4-18(5-3-17)23-14-16(12-21)13-22/h2-5,12,23H,6-11,13-14,22H2,1H3/b16-12+. The Hall–Kier alpha value is -1.68. The fourth-order valence-corrected chi connectivity index (χ4v) is 4.46. The predicted molar refractivity (Wildman–Crippen MR) is 95.7 cm³/mol. The number of benzene rings is 1. The van der Waals surface area contributed by atoms with Crippen molar-refractivity contribution < 1.29 is 9.18 Å². The SMILES string of the molecule is CC(=O)C12CCC(c3ccc(NC/C(=C/F)CN)cc3)(CC1)CC2. The number of rotatable bonds is 6. The van der Waals surface area contributed by atoms with Gasteiger partial charge in [-0.15, -0.1) is 0 Å². The van der Waals surface area contributed by atoms with Crippen molar-refractivity contribution in [2.24, 2.45) is 11.1 Å². The van der Waals surface area contributed by atoms with Crippen molar-refractivity contribution in [1.29, 1.82) is 0 Å². The van der Waals surface area contributed by atoms with E-state index in [1.807, 2.05) is 0 Å². The molecule has 3 aliphatic rings. The summed E-state index contributed by atoms with van der Waals surface area (Å²) in [6.07, 6.45) is 7.01. The second-order valence-corrected chi connectivity index (χ2v) is 7.52. The van der Waals surface area contributed by atoms with E-state index in [1.54, 1.807) is 6.92 Å². The first-order chi connectivity index (χ1) is 11.5. The zero-order chi connectivity index (χ0) is 17.2. The van der Waals surface area contributed by atoms with Gasteiger partial charge in [0, 0.05) is 24.2 Å². The summed E-state index contributed by atoms with van der Waals surface area (Å²) in [7, 11) is 0. The molecule has 0 aliphatic heterocycles. The average molecular weight is 330 g/mol. The Labute approximate surface area is 143 Å². The maximum absolute atomic E-state index is 12.6. The molecule has 4 heteroatoms. The maximum atomic E-state index is 12.6. The molecular formula is C20H27FN2O. The number of hydrogen-bond donors (Lipinski definition) is 2. The molecule has 2 bridgehead atoms. The van der Waals surface area contributed by atoms with E-state index in [-0.39, 0.29) is 17.4 Å². The third-order valence-corrected chi connectivity index (χ3v) is 6.43. The Morgan fingerprint density at radius 1 is 1.17 bits per heavy atom. The van der Waals surface area contributed by atoms with Crippen LogP contribution < -0.4 is 11.1 Å². The Balaban J connectivity index is 1.68. The van der Waals surface area contributed by atoms with Crippen LogP contribution in [-0.2, 0) is 10.2 Å². The highest BCUT2D eigenvalue weighted by atomic mass is 19.1. The topological polar surface area (TPSA) is 55.1 Å². The summed E-state index contributed by atoms with van der Waals surface area (Å²) >= 11 is 0. The number of nitrogens with two attached hydrogens (primary N) is 1. The average Bonchev–Trinajstić information content (AvgIpc) is 2.64. The minimum Gasteiger partial charge on any atom is -0.381 e. The van der Waals surface area contributed by atoms with Crippen LogP contribution in [0.15, 0.2) is 36.2 Å². The number of halogens is 1. The predicted octanol–water partition coefficient (Wildman–Crippen LogP) is 4.09. The lowest BCUT2D eigenvalue weighted by Gasteiger charge is -2.52. The quantitative estimate of drug-likeness (QED) is 0.826. The zero-order valence-electron chi connectivity index (χ0n) is 14.4. The molecule has 0 aromatic heterocycles. The highest BCUT2D eigenvalue weighted by Crippen LogP contribution is 2.58. The summed E-state index contributed by atoms with van der Waals surface area (Å²) in [6, 6.07) is 8.52. The molecule has 3 N–H and O–H groups in total. The molecule has 0 spiro atoms. The first-order valence-electron chi connectivity index (χ1n) is 8.87. The molecule has 0 amide bonds. The van der Waals surface area contributed by atoms with Gasteiger partial charge in [0.2, 0.25) is 0 Å². The van der Waals surface area contributed by atoms with Gasteiger partial charge in [0.15, 0.2) is 0 Å². The van der Waals surface area contributed by atoms with Gasteiger partial charge in [0.25, 0.3) is 0 Å². The Morgan fingerprint density at radius 2 is 1.75 bits per heavy atom. The second kappa shape index (κ2) is 6.67. The van der Waals surface area contributed by atoms with Crippen LogP contribution in [0.4, 0.5) is 10.1 Å². The van der Waals surface area contributed by atoms with Crippen molar-refractivity contribution in [2.45, 2.75) is 50.9 Å². The van der Waals surface area contributed by atoms with Crippen LogP contribution in [0.1, 0.15) is 51.0 Å². The van der Waals surface area contributed by atoms with Gasteiger partial charge in [-0.25, -0.2) is 4.39 Å². The van der Waals surface area contributed by atoms with Crippen LogP contribution >= 0.6 is 0 Å². The van der Waals surface area contributed by atoms with E-state index in [1.165, 1.54) is 5.56 Å². The highest BCUT2D eigenvalue weighted by molar-refractivity contribution is 5.82. The van der Waals surface area contributed by atoms with E-state index in [9.17, 15) is 9.18 Å². The molecule has 3 saturated carbocycles. The molecule has 0 unspecified atom stereocenters. The van der Waals surface area contributed by atoms with E-state index in [0.717, 1.165) is 44.2 Å². The number of fused-ring (bicyclic) bond motifs is 3. The second-order valence-electron chi connectivity index (χ2n) is 7.52. The van der Waals surface area contributed by atoms with Crippen molar-refractivity contribution >= 4 is 11.5 Å². The van der Waals surface area contributed by atoms with Gasteiger partial charge in [0.05, 0.1) is 6.33 Å². The molecule has 1 aromatic carbocycles. The highest BCUT2D eigenvalue weighted by Gasteiger charge is 2.51. The third-order valence-electron chi connectivity index (χ3n) is 6.43. The van der Waals surface area contributed by atoms with Crippen LogP contribution in [0.25, 0.3) is 0 Å². The normalized spacial score (nSPS) is 29.5. The summed E-state index contributed by atoms with van der Waals surface area (Å²) in [5.41, 5.74) is 8.60. The van der Waals surface area contributed by atoms with E-state index >= 15 is 0 Å². The molecule has 0 atom stereocenters. The number of nitrogens with one attached hydrogen (secondary N) is 1. The van der Waals surface area contributed by atoms with Gasteiger partial charge in [-0.05, 0) is 74.1 Å². The number of Topliss-reactive ketones (excluding diaryl/α,β-unsaturated/α-hetero) is 1. The zero-order valence-corrected chi connectivity index (χ0v) is 14.4. The summed E-state index contributed by atoms with van der Waals surface area (Å²) in [5, 5.41) is 3.21. The summed E-state index contributed by atoms with van der Waals surface area (Å²) < 4.78 is 12.6. The fraction of sp³-hybridized carbons (Fsp3) is 0.550. The van der Waals surface area contributed by atoms with Crippen LogP contribution in [0.2, 0.25) is 0 Å². The Kier molecular flexibility index (Phi) is 4.77. The van der Waals surface area contributed by atoms with Gasteiger partial charge < -0.3 is 11.1 Å². The monoisotopic (exact) mass is 330 g/mol. The van der Waals surface area contributed by atoms with E-state index < -0.39 is 0 Å². The minimum atomic E-state index is -0.0272. The maximum Gasteiger partial charge on any atom is 0.135 e. The van der Waals surface area contributed by atoms with Gasteiger partial charge in [-0.1, -0.05) is 12.1 Å². The molecule has 3 fully saturated rings. The molecule has 24 heavy (non-hydrogen) atoms. The number of carbonyl (C=O) groups excluding carboxylic acids is 1. The fourth-order valence-electron chi connectivity index (χ4n) is 4.46. The van der Waals surface area contributed by atoms with Crippen molar-refractivity contribution in [3.63, 3.8) is 0 Å². The molecule has 1 aromatic rings. The number of anilines is 1. The molecule has 3 aliphatic carbocycles. The first-order valence-corrected chi connectivity index (χ1v) is 8.87. The largest absolute Gasteiger partial charge is 0.381 e. The van der Waals surface area contributed by atoms with E-state index in [4.69, 9.17) is 5.73 Å². The summed E-state index contributed by atoms with van der Waals surface area (Å²) in [6.45, 7) is 2.42. The van der Waals surface area contributed by atoms with Gasteiger partial charge in [-0.2, -0.15) is 0 Å². The van der Waals surface area contributed by atoms with Crippen molar-refractivity contribution in [1.82, 2.24) is 0 Å². The number of ketones is 1. The lowest BCUT2D eigenvalue weighted by molar-refractivity contribution is -0.133. The molecule has 0 saturated heterocycles. The number of hydrogen-bond acceptors (Lipinski definition) is 3. The lowest BCUT2D eigenvalue weighted by atomic mass is 9.51. The molecular weight excluding hydrogens is 303 g/mol. The first kappa shape index (κ1) is 17.2. The van der Waals surface area contributed by atoms with Crippen molar-refractivity contribution in [3.05, 3.63) is 41.7 Å². The van der Waals surface area contributed by atoms with E-state index in [2.05, 4.69) is 29.6 Å². The van der Waals surface area contributed by atoms with Gasteiger partial charge >= 0.3 is 0 Å². The molecule has 0 radical (unpaired) electrons. The van der Waals surface area contributed by atoms with Crippen LogP contribution in [0, 0.1) is 5.41 Å². The Morgan fingerprint density at radius 3 is 2.21 bits per heavy atom. The number of carbonyl (C=O) groups is 1. The van der Waals surface area contributed by atoms with Gasteiger partial charge in [-0.3, -0.25) is 4.79 Å². The lowest BCUT2D eigenvalue weighted by Crippen LogP contribution is -2.47. The van der Waals surface area contributed by atoms with Crippen LogP contribution in [-0.4, -0.2) is 18.9 Å². The van der Waals surface area contributed by atoms with Crippen LogP contribution in [0.3, 0.4) is 0 Å². The molecule has 0 heterocycles. The summed E-state index contributed by atoms with van der Waals surface area (Å²) in [4.78, 5) is 12.0. The molecule has 3 nitrogen and oxygen atoms in total. The molecule has 130 valence electrons. The van der Waals surface area contributed by atoms with Crippen LogP contribution in [0.5, 0.6) is 0 Å². The smallest absolute Gasteiger partial charge is 0.135 e. The molecule has 4 rings (SSSR count).